The summed E-state index contributed by atoms with van der Waals surface area (Å²) < 4.78 is 38.9. The van der Waals surface area contributed by atoms with E-state index in [1.807, 2.05) is 0 Å². The average Bonchev–Trinajstić information content (AvgIpc) is 2.87. The predicted octanol–water partition coefficient (Wildman–Crippen LogP) is 2.49. The number of aryl methyl sites for hydroxylation is 1. The summed E-state index contributed by atoms with van der Waals surface area (Å²) in [5.41, 5.74) is -0.361. The molecule has 3 atom stereocenters. The smallest absolute Gasteiger partial charge is 0.326 e. The number of nitrogens with one attached hydrogen (secondary N) is 2. The fourth-order valence-corrected chi connectivity index (χ4v) is 3.75. The molecular formula is C17H22F3N3O. The molecule has 2 saturated heterocycles. The van der Waals surface area contributed by atoms with Crippen molar-refractivity contribution < 1.29 is 18.0 Å². The van der Waals surface area contributed by atoms with Crippen LogP contribution in [0.15, 0.2) is 18.2 Å². The van der Waals surface area contributed by atoms with Crippen molar-refractivity contribution in [2.45, 2.75) is 25.6 Å². The second kappa shape index (κ2) is 6.37. The van der Waals surface area contributed by atoms with Crippen molar-refractivity contribution in [1.82, 2.24) is 10.2 Å². The van der Waals surface area contributed by atoms with E-state index in [4.69, 9.17) is 0 Å². The Morgan fingerprint density at radius 2 is 2.08 bits per heavy atom. The van der Waals surface area contributed by atoms with E-state index in [2.05, 4.69) is 22.6 Å². The lowest BCUT2D eigenvalue weighted by atomic mass is 9.86. The largest absolute Gasteiger partial charge is 0.416 e. The SMILES string of the molecule is Cc1ccc(NC(=O)C2CNC3CN(C)CC3C2)cc1C(F)(F)F. The van der Waals surface area contributed by atoms with Gasteiger partial charge in [0, 0.05) is 31.4 Å². The van der Waals surface area contributed by atoms with E-state index in [9.17, 15) is 18.0 Å². The second-order valence-corrected chi connectivity index (χ2v) is 6.95. The number of piperidine rings is 1. The summed E-state index contributed by atoms with van der Waals surface area (Å²) in [5.74, 6) is -0.0101. The van der Waals surface area contributed by atoms with E-state index in [-0.39, 0.29) is 23.1 Å². The fraction of sp³-hybridized carbons (Fsp3) is 0.588. The van der Waals surface area contributed by atoms with Crippen LogP contribution in [0, 0.1) is 18.8 Å². The Balaban J connectivity index is 1.67. The van der Waals surface area contributed by atoms with Crippen molar-refractivity contribution >= 4 is 11.6 Å². The summed E-state index contributed by atoms with van der Waals surface area (Å²) in [6.45, 7) is 3.91. The number of likely N-dealkylation sites (tertiary alicyclic amines) is 1. The molecule has 0 radical (unpaired) electrons. The van der Waals surface area contributed by atoms with Gasteiger partial charge in [-0.1, -0.05) is 6.07 Å². The monoisotopic (exact) mass is 341 g/mol. The molecule has 24 heavy (non-hydrogen) atoms. The van der Waals surface area contributed by atoms with Gasteiger partial charge in [-0.3, -0.25) is 4.79 Å². The minimum absolute atomic E-state index is 0.150. The van der Waals surface area contributed by atoms with Gasteiger partial charge in [0.25, 0.3) is 0 Å². The third kappa shape index (κ3) is 3.57. The van der Waals surface area contributed by atoms with Gasteiger partial charge < -0.3 is 15.5 Å². The zero-order chi connectivity index (χ0) is 17.5. The maximum absolute atomic E-state index is 13.0. The standard InChI is InChI=1S/C17H22F3N3O/c1-10-3-4-13(6-14(10)17(18,19)20)22-16(24)11-5-12-8-23(2)9-15(12)21-7-11/h3-4,6,11-12,15,21H,5,7-9H2,1-2H3,(H,22,24). The maximum Gasteiger partial charge on any atom is 0.416 e. The summed E-state index contributed by atoms with van der Waals surface area (Å²) in [5, 5.41) is 6.04. The lowest BCUT2D eigenvalue weighted by Crippen LogP contribution is -2.48. The van der Waals surface area contributed by atoms with Crippen molar-refractivity contribution in [3.63, 3.8) is 0 Å². The molecule has 7 heteroatoms. The highest BCUT2D eigenvalue weighted by Gasteiger charge is 2.38. The van der Waals surface area contributed by atoms with Crippen LogP contribution in [-0.4, -0.2) is 43.5 Å². The molecule has 2 N–H and O–H groups in total. The summed E-state index contributed by atoms with van der Waals surface area (Å²) in [7, 11) is 2.06. The molecule has 3 rings (SSSR count). The number of nitrogens with zero attached hydrogens (tertiary/aromatic N) is 1. The van der Waals surface area contributed by atoms with Crippen LogP contribution in [0.25, 0.3) is 0 Å². The molecule has 3 unspecified atom stereocenters. The molecule has 0 bridgehead atoms. The number of carbonyl (C=O) groups is 1. The molecule has 0 aromatic heterocycles. The van der Waals surface area contributed by atoms with E-state index >= 15 is 0 Å². The van der Waals surface area contributed by atoms with E-state index in [1.54, 1.807) is 0 Å². The minimum atomic E-state index is -4.42. The first-order valence-corrected chi connectivity index (χ1v) is 8.14. The van der Waals surface area contributed by atoms with Gasteiger partial charge in [0.1, 0.15) is 0 Å². The van der Waals surface area contributed by atoms with Gasteiger partial charge in [-0.15, -0.1) is 0 Å². The van der Waals surface area contributed by atoms with Crippen LogP contribution in [-0.2, 0) is 11.0 Å². The Kier molecular flexibility index (Phi) is 4.57. The van der Waals surface area contributed by atoms with Gasteiger partial charge in [-0.25, -0.2) is 0 Å². The third-order valence-electron chi connectivity index (χ3n) is 5.02. The first kappa shape index (κ1) is 17.2. The number of likely N-dealkylation sites (N-methyl/N-ethyl adjacent to an activating group) is 1. The van der Waals surface area contributed by atoms with Crippen LogP contribution in [0.4, 0.5) is 18.9 Å². The molecule has 2 heterocycles. The number of amides is 1. The molecule has 0 saturated carbocycles. The number of carbonyl (C=O) groups excluding carboxylic acids is 1. The van der Waals surface area contributed by atoms with Crippen LogP contribution in [0.1, 0.15) is 17.5 Å². The zero-order valence-electron chi connectivity index (χ0n) is 13.8. The fourth-order valence-electron chi connectivity index (χ4n) is 3.75. The number of alkyl halides is 3. The molecule has 1 aromatic carbocycles. The second-order valence-electron chi connectivity index (χ2n) is 6.95. The van der Waals surface area contributed by atoms with Gasteiger partial charge >= 0.3 is 6.18 Å². The maximum atomic E-state index is 13.0. The number of fused-ring (bicyclic) bond motifs is 1. The Hall–Kier alpha value is -1.60. The zero-order valence-corrected chi connectivity index (χ0v) is 13.8. The lowest BCUT2D eigenvalue weighted by Gasteiger charge is -2.31. The van der Waals surface area contributed by atoms with Gasteiger partial charge in [-0.05, 0) is 44.0 Å². The topological polar surface area (TPSA) is 44.4 Å². The lowest BCUT2D eigenvalue weighted by molar-refractivity contribution is -0.138. The van der Waals surface area contributed by atoms with E-state index in [0.717, 1.165) is 25.6 Å². The molecule has 1 amide bonds. The summed E-state index contributed by atoms with van der Waals surface area (Å²) in [6.07, 6.45) is -3.65. The molecule has 0 spiro atoms. The van der Waals surface area contributed by atoms with Crippen LogP contribution >= 0.6 is 0 Å². The van der Waals surface area contributed by atoms with E-state index < -0.39 is 11.7 Å². The molecular weight excluding hydrogens is 319 g/mol. The van der Waals surface area contributed by atoms with Crippen LogP contribution in [0.2, 0.25) is 0 Å². The Morgan fingerprint density at radius 3 is 2.79 bits per heavy atom. The molecule has 2 aliphatic heterocycles. The first-order chi connectivity index (χ1) is 11.2. The van der Waals surface area contributed by atoms with Crippen molar-refractivity contribution in [2.75, 3.05) is 32.0 Å². The molecule has 0 aliphatic carbocycles. The van der Waals surface area contributed by atoms with Gasteiger partial charge in [0.05, 0.1) is 11.5 Å². The predicted molar refractivity (Wildman–Crippen MR) is 85.7 cm³/mol. The van der Waals surface area contributed by atoms with Gasteiger partial charge in [0.15, 0.2) is 0 Å². The molecule has 4 nitrogen and oxygen atoms in total. The number of anilines is 1. The number of hydrogen-bond acceptors (Lipinski definition) is 3. The highest BCUT2D eigenvalue weighted by molar-refractivity contribution is 5.93. The first-order valence-electron chi connectivity index (χ1n) is 8.14. The summed E-state index contributed by atoms with van der Waals surface area (Å²) in [6, 6.07) is 4.33. The van der Waals surface area contributed by atoms with Crippen LogP contribution in [0.5, 0.6) is 0 Å². The third-order valence-corrected chi connectivity index (χ3v) is 5.02. The van der Waals surface area contributed by atoms with E-state index in [0.29, 0.717) is 18.5 Å². The highest BCUT2D eigenvalue weighted by Crippen LogP contribution is 2.34. The summed E-state index contributed by atoms with van der Waals surface area (Å²) in [4.78, 5) is 14.7. The summed E-state index contributed by atoms with van der Waals surface area (Å²) >= 11 is 0. The van der Waals surface area contributed by atoms with Crippen molar-refractivity contribution in [3.8, 4) is 0 Å². The molecule has 2 aliphatic rings. The normalized spacial score (nSPS) is 27.8. The molecule has 132 valence electrons. The van der Waals surface area contributed by atoms with Crippen LogP contribution < -0.4 is 10.6 Å². The van der Waals surface area contributed by atoms with Crippen molar-refractivity contribution in [1.29, 1.82) is 0 Å². The Morgan fingerprint density at radius 1 is 1.33 bits per heavy atom. The average molecular weight is 341 g/mol. The Labute approximate surface area is 139 Å². The van der Waals surface area contributed by atoms with Gasteiger partial charge in [-0.2, -0.15) is 13.2 Å². The van der Waals surface area contributed by atoms with Crippen LogP contribution in [0.3, 0.4) is 0 Å². The van der Waals surface area contributed by atoms with E-state index in [1.165, 1.54) is 19.1 Å². The van der Waals surface area contributed by atoms with Gasteiger partial charge in [0.2, 0.25) is 5.91 Å². The Bertz CT molecular complexity index is 632. The number of benzene rings is 1. The highest BCUT2D eigenvalue weighted by atomic mass is 19.4. The molecule has 1 aromatic rings. The van der Waals surface area contributed by atoms with Crippen molar-refractivity contribution in [2.24, 2.45) is 11.8 Å². The number of hydrogen-bond donors (Lipinski definition) is 2. The number of halogens is 3. The molecule has 2 fully saturated rings. The number of rotatable bonds is 2. The quantitative estimate of drug-likeness (QED) is 0.869. The minimum Gasteiger partial charge on any atom is -0.326 e. The van der Waals surface area contributed by atoms with Crippen molar-refractivity contribution in [3.05, 3.63) is 29.3 Å².